The average molecular weight is 273 g/mol. The second-order valence-corrected chi connectivity index (χ2v) is 3.81. The van der Waals surface area contributed by atoms with Crippen LogP contribution in [0.25, 0.3) is 5.82 Å². The summed E-state index contributed by atoms with van der Waals surface area (Å²) in [6.45, 7) is 0. The fourth-order valence-corrected chi connectivity index (χ4v) is 1.59. The van der Waals surface area contributed by atoms with Crippen molar-refractivity contribution in [2.75, 3.05) is 7.11 Å². The van der Waals surface area contributed by atoms with Crippen LogP contribution in [-0.2, 0) is 4.74 Å². The number of pyridine rings is 1. The number of rotatable bonds is 2. The Kier molecular flexibility index (Phi) is 3.26. The lowest BCUT2D eigenvalue weighted by Crippen LogP contribution is -2.06. The smallest absolute Gasteiger partial charge is 0.377 e. The zero-order chi connectivity index (χ0) is 12.4. The van der Waals surface area contributed by atoms with E-state index in [4.69, 9.17) is 23.2 Å². The highest BCUT2D eigenvalue weighted by Crippen LogP contribution is 2.20. The normalized spacial score (nSPS) is 10.3. The maximum Gasteiger partial charge on any atom is 0.377 e. The van der Waals surface area contributed by atoms with Gasteiger partial charge in [-0.25, -0.2) is 19.4 Å². The maximum absolute atomic E-state index is 11.2. The van der Waals surface area contributed by atoms with Crippen LogP contribution in [0.1, 0.15) is 10.6 Å². The summed E-state index contributed by atoms with van der Waals surface area (Å²) in [7, 11) is 1.25. The molecule has 0 radical (unpaired) electrons. The summed E-state index contributed by atoms with van der Waals surface area (Å²) >= 11 is 11.7. The molecule has 17 heavy (non-hydrogen) atoms. The molecule has 0 saturated heterocycles. The molecule has 0 N–H and O–H groups in total. The fraction of sp³-hybridized carbons (Fsp3) is 0.111. The first-order valence-electron chi connectivity index (χ1n) is 4.43. The molecule has 2 aromatic heterocycles. The summed E-state index contributed by atoms with van der Waals surface area (Å²) in [6.07, 6.45) is 2.73. The Bertz CT molecular complexity index is 570. The van der Waals surface area contributed by atoms with E-state index in [1.165, 1.54) is 30.4 Å². The number of carbonyl (C=O) groups excluding carboxylic acids is 1. The quantitative estimate of drug-likeness (QED) is 0.779. The molecule has 0 aliphatic heterocycles. The number of esters is 1. The van der Waals surface area contributed by atoms with Gasteiger partial charge in [-0.05, 0) is 6.07 Å². The Hall–Kier alpha value is -1.66. The summed E-state index contributed by atoms with van der Waals surface area (Å²) < 4.78 is 5.75. The average Bonchev–Trinajstić information content (AvgIpc) is 2.77. The standard InChI is InChI=1S/C9H6Cl2N4O2/c1-17-9(16)7-13-4-15(14-7)8-6(11)2-5(10)3-12-8/h2-4H,1H3. The number of methoxy groups -OCH3 is 1. The minimum Gasteiger partial charge on any atom is -0.463 e. The van der Waals surface area contributed by atoms with Gasteiger partial charge in [0.05, 0.1) is 17.2 Å². The Labute approximate surface area is 106 Å². The van der Waals surface area contributed by atoms with Crippen LogP contribution >= 0.6 is 23.2 Å². The van der Waals surface area contributed by atoms with E-state index in [0.29, 0.717) is 15.9 Å². The molecule has 0 fully saturated rings. The number of halogens is 2. The summed E-state index contributed by atoms with van der Waals surface area (Å²) in [5.74, 6) is -0.368. The van der Waals surface area contributed by atoms with Gasteiger partial charge in [0.1, 0.15) is 6.33 Å². The van der Waals surface area contributed by atoms with E-state index >= 15 is 0 Å². The first-order chi connectivity index (χ1) is 8.11. The molecule has 0 unspecified atom stereocenters. The van der Waals surface area contributed by atoms with Crippen molar-refractivity contribution >= 4 is 29.2 Å². The summed E-state index contributed by atoms with van der Waals surface area (Å²) in [5, 5.41) is 4.60. The van der Waals surface area contributed by atoms with Gasteiger partial charge in [0.25, 0.3) is 5.82 Å². The lowest BCUT2D eigenvalue weighted by atomic mass is 10.4. The third-order valence-corrected chi connectivity index (χ3v) is 2.35. The summed E-state index contributed by atoms with van der Waals surface area (Å²) in [5.41, 5.74) is 0. The molecule has 2 aromatic rings. The molecule has 6 nitrogen and oxygen atoms in total. The first kappa shape index (κ1) is 11.8. The summed E-state index contributed by atoms with van der Waals surface area (Å²) in [6, 6.07) is 1.52. The van der Waals surface area contributed by atoms with Gasteiger partial charge in [0, 0.05) is 6.20 Å². The monoisotopic (exact) mass is 272 g/mol. The molecule has 88 valence electrons. The molecule has 0 spiro atoms. The van der Waals surface area contributed by atoms with Gasteiger partial charge < -0.3 is 4.74 Å². The van der Waals surface area contributed by atoms with Crippen LogP contribution < -0.4 is 0 Å². The minimum atomic E-state index is -0.631. The van der Waals surface area contributed by atoms with Gasteiger partial charge in [0.2, 0.25) is 0 Å². The molecule has 2 heterocycles. The van der Waals surface area contributed by atoms with E-state index in [1.807, 2.05) is 0 Å². The number of ether oxygens (including phenoxy) is 1. The maximum atomic E-state index is 11.2. The fourth-order valence-electron chi connectivity index (χ4n) is 1.13. The number of carbonyl (C=O) groups is 1. The SMILES string of the molecule is COC(=O)c1ncn(-c2ncc(Cl)cc2Cl)n1. The van der Waals surface area contributed by atoms with Crippen molar-refractivity contribution in [1.82, 2.24) is 19.7 Å². The van der Waals surface area contributed by atoms with Crippen LogP contribution in [0.4, 0.5) is 0 Å². The van der Waals surface area contributed by atoms with E-state index in [0.717, 1.165) is 0 Å². The molecule has 0 aliphatic rings. The largest absolute Gasteiger partial charge is 0.463 e. The third-order valence-electron chi connectivity index (χ3n) is 1.87. The van der Waals surface area contributed by atoms with Gasteiger partial charge in [-0.1, -0.05) is 23.2 Å². The van der Waals surface area contributed by atoms with Crippen molar-refractivity contribution in [3.05, 3.63) is 34.5 Å². The first-order valence-corrected chi connectivity index (χ1v) is 5.19. The Balaban J connectivity index is 2.40. The van der Waals surface area contributed by atoms with Crippen molar-refractivity contribution < 1.29 is 9.53 Å². The molecule has 2 rings (SSSR count). The van der Waals surface area contributed by atoms with Crippen molar-refractivity contribution in [3.8, 4) is 5.82 Å². The van der Waals surface area contributed by atoms with E-state index in [2.05, 4.69) is 19.8 Å². The molecule has 0 saturated carbocycles. The molecule has 0 aromatic carbocycles. The lowest BCUT2D eigenvalue weighted by molar-refractivity contribution is 0.0587. The van der Waals surface area contributed by atoms with Crippen LogP contribution in [0, 0.1) is 0 Å². The van der Waals surface area contributed by atoms with Gasteiger partial charge in [-0.3, -0.25) is 0 Å². The van der Waals surface area contributed by atoms with Crippen molar-refractivity contribution in [3.63, 3.8) is 0 Å². The number of nitrogens with zero attached hydrogens (tertiary/aromatic N) is 4. The van der Waals surface area contributed by atoms with E-state index in [1.54, 1.807) is 0 Å². The summed E-state index contributed by atoms with van der Waals surface area (Å²) in [4.78, 5) is 18.9. The molecular weight excluding hydrogens is 267 g/mol. The van der Waals surface area contributed by atoms with Crippen molar-refractivity contribution in [2.24, 2.45) is 0 Å². The molecular formula is C9H6Cl2N4O2. The second-order valence-electron chi connectivity index (χ2n) is 2.96. The zero-order valence-corrected chi connectivity index (χ0v) is 10.1. The van der Waals surface area contributed by atoms with E-state index < -0.39 is 5.97 Å². The van der Waals surface area contributed by atoms with Crippen LogP contribution in [0.3, 0.4) is 0 Å². The van der Waals surface area contributed by atoms with E-state index in [9.17, 15) is 4.79 Å². The molecule has 0 aliphatic carbocycles. The topological polar surface area (TPSA) is 69.9 Å². The predicted octanol–water partition coefficient (Wildman–Crippen LogP) is 1.76. The molecule has 0 atom stereocenters. The van der Waals surface area contributed by atoms with Crippen LogP contribution in [0.15, 0.2) is 18.6 Å². The Morgan fingerprint density at radius 2 is 2.18 bits per heavy atom. The minimum absolute atomic E-state index is 0.0692. The van der Waals surface area contributed by atoms with Gasteiger partial charge in [0.15, 0.2) is 5.82 Å². The highest BCUT2D eigenvalue weighted by Gasteiger charge is 2.14. The number of aromatic nitrogens is 4. The molecule has 8 heteroatoms. The van der Waals surface area contributed by atoms with Crippen LogP contribution in [0.5, 0.6) is 0 Å². The van der Waals surface area contributed by atoms with Crippen molar-refractivity contribution in [2.45, 2.75) is 0 Å². The number of hydrogen-bond donors (Lipinski definition) is 0. The third kappa shape index (κ3) is 2.37. The highest BCUT2D eigenvalue weighted by molar-refractivity contribution is 6.35. The second kappa shape index (κ2) is 4.68. The van der Waals surface area contributed by atoms with Gasteiger partial charge >= 0.3 is 5.97 Å². The van der Waals surface area contributed by atoms with Gasteiger partial charge in [-0.2, -0.15) is 0 Å². The lowest BCUT2D eigenvalue weighted by Gasteiger charge is -2.01. The molecule has 0 amide bonds. The zero-order valence-electron chi connectivity index (χ0n) is 8.59. The Morgan fingerprint density at radius 1 is 1.41 bits per heavy atom. The van der Waals surface area contributed by atoms with Crippen LogP contribution in [-0.4, -0.2) is 32.8 Å². The Morgan fingerprint density at radius 3 is 2.82 bits per heavy atom. The van der Waals surface area contributed by atoms with Crippen molar-refractivity contribution in [1.29, 1.82) is 0 Å². The van der Waals surface area contributed by atoms with E-state index in [-0.39, 0.29) is 5.82 Å². The predicted molar refractivity (Wildman–Crippen MR) is 60.5 cm³/mol. The van der Waals surface area contributed by atoms with Crippen LogP contribution in [0.2, 0.25) is 10.0 Å². The molecule has 0 bridgehead atoms. The van der Waals surface area contributed by atoms with Gasteiger partial charge in [-0.15, -0.1) is 5.10 Å². The highest BCUT2D eigenvalue weighted by atomic mass is 35.5. The number of hydrogen-bond acceptors (Lipinski definition) is 5.